The van der Waals surface area contributed by atoms with Crippen LogP contribution < -0.4 is 10.1 Å². The molecule has 0 bridgehead atoms. The first kappa shape index (κ1) is 24.2. The van der Waals surface area contributed by atoms with Gasteiger partial charge in [0.05, 0.1) is 24.2 Å². The Morgan fingerprint density at radius 1 is 0.971 bits per heavy atom. The Labute approximate surface area is 204 Å². The van der Waals surface area contributed by atoms with E-state index in [0.29, 0.717) is 17.4 Å². The van der Waals surface area contributed by atoms with Crippen molar-refractivity contribution in [3.63, 3.8) is 0 Å². The van der Waals surface area contributed by atoms with Gasteiger partial charge in [-0.2, -0.15) is 4.31 Å². The number of hydrogen-bond donors (Lipinski definition) is 1. The van der Waals surface area contributed by atoms with Gasteiger partial charge in [-0.3, -0.25) is 14.7 Å². The van der Waals surface area contributed by atoms with Crippen LogP contribution in [0.3, 0.4) is 0 Å². The molecule has 3 aromatic carbocycles. The van der Waals surface area contributed by atoms with Crippen LogP contribution in [-0.2, 0) is 14.8 Å². The summed E-state index contributed by atoms with van der Waals surface area (Å²) in [6.45, 7) is 1.46. The lowest BCUT2D eigenvalue weighted by molar-refractivity contribution is -0.116. The predicted octanol–water partition coefficient (Wildman–Crippen LogP) is 4.20. The van der Waals surface area contributed by atoms with Crippen LogP contribution in [0, 0.1) is 0 Å². The third-order valence-corrected chi connectivity index (χ3v) is 7.37. The third kappa shape index (κ3) is 5.42. The first-order chi connectivity index (χ1) is 16.9. The van der Waals surface area contributed by atoms with Crippen molar-refractivity contribution in [1.29, 1.82) is 0 Å². The fourth-order valence-electron chi connectivity index (χ4n) is 3.59. The van der Waals surface area contributed by atoms with Gasteiger partial charge in [0.2, 0.25) is 21.9 Å². The number of carbonyl (C=O) groups excluding carboxylic acids is 1. The molecule has 0 atom stereocenters. The average Bonchev–Trinajstić information content (AvgIpc) is 3.31. The molecule has 1 N–H and O–H groups in total. The molecule has 9 heteroatoms. The minimum atomic E-state index is -3.87. The number of carbonyl (C=O) groups is 1. The first-order valence-electron chi connectivity index (χ1n) is 11.1. The number of aromatic nitrogens is 2. The van der Waals surface area contributed by atoms with E-state index in [9.17, 15) is 13.2 Å². The van der Waals surface area contributed by atoms with Crippen molar-refractivity contribution in [1.82, 2.24) is 13.9 Å². The van der Waals surface area contributed by atoms with Crippen LogP contribution in [0.15, 0.2) is 96.0 Å². The quantitative estimate of drug-likeness (QED) is 0.380. The molecule has 0 saturated heterocycles. The Morgan fingerprint density at radius 2 is 1.60 bits per heavy atom. The maximum absolute atomic E-state index is 13.1. The molecular formula is C26H26N4O4S. The highest BCUT2D eigenvalue weighted by Crippen LogP contribution is 2.24. The number of para-hydroxylation sites is 1. The lowest BCUT2D eigenvalue weighted by Crippen LogP contribution is -2.38. The monoisotopic (exact) mass is 490 g/mol. The lowest BCUT2D eigenvalue weighted by atomic mass is 10.2. The molecule has 0 aliphatic rings. The van der Waals surface area contributed by atoms with Crippen LogP contribution in [0.25, 0.3) is 16.9 Å². The van der Waals surface area contributed by atoms with Gasteiger partial charge < -0.3 is 4.74 Å². The van der Waals surface area contributed by atoms with E-state index >= 15 is 0 Å². The summed E-state index contributed by atoms with van der Waals surface area (Å²) in [7, 11) is -2.37. The SMILES string of the molecule is CCN(CC(=O)Nc1nc(-c2ccccc2)cn1-c1ccccc1)S(=O)(=O)c1ccc(OC)cc1. The number of amides is 1. The highest BCUT2D eigenvalue weighted by Gasteiger charge is 2.26. The number of hydrogen-bond acceptors (Lipinski definition) is 5. The second-order valence-corrected chi connectivity index (χ2v) is 9.61. The van der Waals surface area contributed by atoms with E-state index in [-0.39, 0.29) is 18.0 Å². The zero-order valence-electron chi connectivity index (χ0n) is 19.5. The number of nitrogens with one attached hydrogen (secondary N) is 1. The van der Waals surface area contributed by atoms with Crippen molar-refractivity contribution in [2.75, 3.05) is 25.5 Å². The van der Waals surface area contributed by atoms with E-state index in [2.05, 4.69) is 10.3 Å². The summed E-state index contributed by atoms with van der Waals surface area (Å²) in [5.41, 5.74) is 2.40. The second-order valence-electron chi connectivity index (χ2n) is 7.68. The van der Waals surface area contributed by atoms with Gasteiger partial charge in [0, 0.05) is 24.0 Å². The number of anilines is 1. The molecule has 0 fully saturated rings. The van der Waals surface area contributed by atoms with Gasteiger partial charge in [0.25, 0.3) is 0 Å². The fraction of sp³-hybridized carbons (Fsp3) is 0.154. The summed E-state index contributed by atoms with van der Waals surface area (Å²) in [5, 5.41) is 2.79. The molecule has 1 amide bonds. The highest BCUT2D eigenvalue weighted by molar-refractivity contribution is 7.89. The van der Waals surface area contributed by atoms with E-state index in [1.54, 1.807) is 23.6 Å². The smallest absolute Gasteiger partial charge is 0.243 e. The van der Waals surface area contributed by atoms with Crippen LogP contribution in [-0.4, -0.2) is 48.4 Å². The van der Waals surface area contributed by atoms with Crippen LogP contribution in [0.1, 0.15) is 6.92 Å². The van der Waals surface area contributed by atoms with Crippen LogP contribution >= 0.6 is 0 Å². The number of rotatable bonds is 9. The summed E-state index contributed by atoms with van der Waals surface area (Å²) in [5.74, 6) is 0.357. The zero-order valence-corrected chi connectivity index (χ0v) is 20.3. The molecule has 4 aromatic rings. The summed E-state index contributed by atoms with van der Waals surface area (Å²) < 4.78 is 34.2. The van der Waals surface area contributed by atoms with E-state index in [1.165, 1.54) is 19.2 Å². The molecular weight excluding hydrogens is 464 g/mol. The van der Waals surface area contributed by atoms with Crippen molar-refractivity contribution >= 4 is 21.9 Å². The Hall–Kier alpha value is -3.95. The van der Waals surface area contributed by atoms with Crippen molar-refractivity contribution in [2.24, 2.45) is 0 Å². The van der Waals surface area contributed by atoms with E-state index in [1.807, 2.05) is 66.9 Å². The molecule has 0 aliphatic heterocycles. The number of methoxy groups -OCH3 is 1. The molecule has 0 unspecified atom stereocenters. The molecule has 4 rings (SSSR count). The molecule has 1 aromatic heterocycles. The highest BCUT2D eigenvalue weighted by atomic mass is 32.2. The maximum Gasteiger partial charge on any atom is 0.243 e. The Bertz CT molecular complexity index is 1390. The molecule has 0 aliphatic carbocycles. The number of sulfonamides is 1. The molecule has 35 heavy (non-hydrogen) atoms. The fourth-order valence-corrected chi connectivity index (χ4v) is 5.00. The van der Waals surface area contributed by atoms with E-state index in [4.69, 9.17) is 4.74 Å². The number of nitrogens with zero attached hydrogens (tertiary/aromatic N) is 3. The van der Waals surface area contributed by atoms with Gasteiger partial charge in [-0.1, -0.05) is 55.5 Å². The first-order valence-corrected chi connectivity index (χ1v) is 12.5. The summed E-state index contributed by atoms with van der Waals surface area (Å²) in [6.07, 6.45) is 1.84. The maximum atomic E-state index is 13.1. The molecule has 1 heterocycles. The number of benzene rings is 3. The van der Waals surface area contributed by atoms with Crippen LogP contribution in [0.5, 0.6) is 5.75 Å². The third-order valence-electron chi connectivity index (χ3n) is 5.43. The second kappa shape index (κ2) is 10.5. The number of likely N-dealkylation sites (N-methyl/N-ethyl adjacent to an activating group) is 1. The average molecular weight is 491 g/mol. The Balaban J connectivity index is 1.59. The van der Waals surface area contributed by atoms with Crippen molar-refractivity contribution in [3.05, 3.63) is 91.1 Å². The van der Waals surface area contributed by atoms with Gasteiger partial charge in [-0.15, -0.1) is 0 Å². The standard InChI is InChI=1S/C26H26N4O4S/c1-3-29(35(32,33)23-16-14-22(34-2)15-17-23)19-25(31)28-26-27-24(20-10-6-4-7-11-20)18-30(26)21-12-8-5-9-13-21/h4-18H,3,19H2,1-2H3,(H,27,28,31). The minimum Gasteiger partial charge on any atom is -0.497 e. The van der Waals surface area contributed by atoms with Crippen LogP contribution in [0.2, 0.25) is 0 Å². The van der Waals surface area contributed by atoms with E-state index in [0.717, 1.165) is 15.6 Å². The predicted molar refractivity (Wildman–Crippen MR) is 135 cm³/mol. The number of imidazole rings is 1. The van der Waals surface area contributed by atoms with Crippen molar-refractivity contribution in [2.45, 2.75) is 11.8 Å². The van der Waals surface area contributed by atoms with E-state index < -0.39 is 15.9 Å². The van der Waals surface area contributed by atoms with Crippen LogP contribution in [0.4, 0.5) is 5.95 Å². The Morgan fingerprint density at radius 3 is 2.20 bits per heavy atom. The van der Waals surface area contributed by atoms with Crippen molar-refractivity contribution in [3.8, 4) is 22.7 Å². The zero-order chi connectivity index (χ0) is 24.8. The van der Waals surface area contributed by atoms with Crippen molar-refractivity contribution < 1.29 is 17.9 Å². The molecule has 8 nitrogen and oxygen atoms in total. The number of ether oxygens (including phenoxy) is 1. The summed E-state index contributed by atoms with van der Waals surface area (Å²) >= 11 is 0. The molecule has 0 radical (unpaired) electrons. The molecule has 0 spiro atoms. The topological polar surface area (TPSA) is 93.5 Å². The normalized spacial score (nSPS) is 11.4. The van der Waals surface area contributed by atoms with Gasteiger partial charge in [0.1, 0.15) is 5.75 Å². The summed E-state index contributed by atoms with van der Waals surface area (Å²) in [4.78, 5) is 17.7. The molecule has 0 saturated carbocycles. The lowest BCUT2D eigenvalue weighted by Gasteiger charge is -2.20. The van der Waals surface area contributed by atoms with Gasteiger partial charge in [0.15, 0.2) is 0 Å². The van der Waals surface area contributed by atoms with Gasteiger partial charge in [-0.25, -0.2) is 13.4 Å². The Kier molecular flexibility index (Phi) is 7.28. The largest absolute Gasteiger partial charge is 0.497 e. The summed E-state index contributed by atoms with van der Waals surface area (Å²) in [6, 6.07) is 25.2. The van der Waals surface area contributed by atoms with Gasteiger partial charge >= 0.3 is 0 Å². The minimum absolute atomic E-state index is 0.0881. The van der Waals surface area contributed by atoms with Gasteiger partial charge in [-0.05, 0) is 36.4 Å². The molecule has 180 valence electrons.